The van der Waals surface area contributed by atoms with E-state index in [0.717, 1.165) is 18.4 Å². The van der Waals surface area contributed by atoms with Gasteiger partial charge in [0.05, 0.1) is 17.4 Å². The summed E-state index contributed by atoms with van der Waals surface area (Å²) < 4.78 is 0. The van der Waals surface area contributed by atoms with E-state index in [1.165, 1.54) is 11.1 Å². The molecule has 1 aromatic heterocycles. The number of aromatic nitrogens is 2. The summed E-state index contributed by atoms with van der Waals surface area (Å²) >= 11 is 0. The standard InChI is InChI=1S/C22H27N3O/c1-4-7-16-10-12-17(13-11-16)21(15(2)3)23-14-20-24-19-9-6-5-8-18(19)22(26)25-20/h5-6,8-13,15,21,23H,4,7,14H2,1-3H3,(H,24,25,26)/t21-/m1/s1. The average Bonchev–Trinajstić information content (AvgIpc) is 2.63. The lowest BCUT2D eigenvalue weighted by atomic mass is 9.94. The minimum atomic E-state index is -0.0857. The molecule has 2 N–H and O–H groups in total. The summed E-state index contributed by atoms with van der Waals surface area (Å²) in [7, 11) is 0. The Morgan fingerprint density at radius 2 is 1.81 bits per heavy atom. The molecule has 2 aromatic carbocycles. The SMILES string of the molecule is CCCc1ccc([C@H](NCc2nc3ccccc3c(=O)[nH]2)C(C)C)cc1. The number of aryl methyl sites for hydroxylation is 1. The largest absolute Gasteiger partial charge is 0.309 e. The van der Waals surface area contributed by atoms with E-state index in [9.17, 15) is 4.79 Å². The predicted molar refractivity (Wildman–Crippen MR) is 107 cm³/mol. The van der Waals surface area contributed by atoms with Crippen LogP contribution in [0.5, 0.6) is 0 Å². The lowest BCUT2D eigenvalue weighted by molar-refractivity contribution is 0.406. The summed E-state index contributed by atoms with van der Waals surface area (Å²) in [6.45, 7) is 7.13. The van der Waals surface area contributed by atoms with Gasteiger partial charge in [0.15, 0.2) is 0 Å². The first kappa shape index (κ1) is 18.3. The number of nitrogens with one attached hydrogen (secondary N) is 2. The van der Waals surface area contributed by atoms with E-state index in [1.54, 1.807) is 6.07 Å². The van der Waals surface area contributed by atoms with Crippen molar-refractivity contribution >= 4 is 10.9 Å². The van der Waals surface area contributed by atoms with Crippen molar-refractivity contribution in [3.05, 3.63) is 75.8 Å². The monoisotopic (exact) mass is 349 g/mol. The van der Waals surface area contributed by atoms with E-state index in [1.807, 2.05) is 18.2 Å². The van der Waals surface area contributed by atoms with Gasteiger partial charge in [0.2, 0.25) is 0 Å². The summed E-state index contributed by atoms with van der Waals surface area (Å²) in [5.41, 5.74) is 3.29. The first-order valence-corrected chi connectivity index (χ1v) is 9.38. The Hall–Kier alpha value is -2.46. The van der Waals surface area contributed by atoms with Gasteiger partial charge in [0, 0.05) is 6.04 Å². The molecular weight excluding hydrogens is 322 g/mol. The van der Waals surface area contributed by atoms with Gasteiger partial charge in [-0.25, -0.2) is 4.98 Å². The molecule has 1 heterocycles. The van der Waals surface area contributed by atoms with Crippen LogP contribution in [0.1, 0.15) is 50.2 Å². The molecule has 0 radical (unpaired) electrons. The maximum Gasteiger partial charge on any atom is 0.258 e. The van der Waals surface area contributed by atoms with Gasteiger partial charge in [-0.3, -0.25) is 4.79 Å². The number of aromatic amines is 1. The second-order valence-corrected chi connectivity index (χ2v) is 7.12. The lowest BCUT2D eigenvalue weighted by Gasteiger charge is -2.23. The van der Waals surface area contributed by atoms with Gasteiger partial charge in [-0.1, -0.05) is 63.6 Å². The van der Waals surface area contributed by atoms with Crippen molar-refractivity contribution in [1.82, 2.24) is 15.3 Å². The smallest absolute Gasteiger partial charge is 0.258 e. The normalized spacial score (nSPS) is 12.6. The zero-order valence-corrected chi connectivity index (χ0v) is 15.8. The number of H-pyrrole nitrogens is 1. The van der Waals surface area contributed by atoms with Crippen LogP contribution in [0.2, 0.25) is 0 Å². The molecule has 0 fully saturated rings. The lowest BCUT2D eigenvalue weighted by Crippen LogP contribution is -2.27. The minimum Gasteiger partial charge on any atom is -0.309 e. The second kappa shape index (κ2) is 8.28. The summed E-state index contributed by atoms with van der Waals surface area (Å²) in [4.78, 5) is 19.7. The quantitative estimate of drug-likeness (QED) is 0.666. The number of hydrogen-bond donors (Lipinski definition) is 2. The van der Waals surface area contributed by atoms with Gasteiger partial charge < -0.3 is 10.3 Å². The highest BCUT2D eigenvalue weighted by atomic mass is 16.1. The molecule has 0 aliphatic heterocycles. The Morgan fingerprint density at radius 1 is 1.08 bits per heavy atom. The fourth-order valence-corrected chi connectivity index (χ4v) is 3.34. The van der Waals surface area contributed by atoms with E-state index in [4.69, 9.17) is 0 Å². The molecule has 0 saturated heterocycles. The van der Waals surface area contributed by atoms with Gasteiger partial charge in [0.25, 0.3) is 5.56 Å². The van der Waals surface area contributed by atoms with Crippen LogP contribution in [0.25, 0.3) is 10.9 Å². The van der Waals surface area contributed by atoms with Crippen LogP contribution >= 0.6 is 0 Å². The first-order valence-electron chi connectivity index (χ1n) is 9.38. The van der Waals surface area contributed by atoms with Crippen LogP contribution in [0.4, 0.5) is 0 Å². The van der Waals surface area contributed by atoms with Crippen molar-refractivity contribution < 1.29 is 0 Å². The van der Waals surface area contributed by atoms with Crippen molar-refractivity contribution in [3.63, 3.8) is 0 Å². The fourth-order valence-electron chi connectivity index (χ4n) is 3.34. The number of para-hydroxylation sites is 1. The van der Waals surface area contributed by atoms with Crippen molar-refractivity contribution in [1.29, 1.82) is 0 Å². The van der Waals surface area contributed by atoms with E-state index >= 15 is 0 Å². The Morgan fingerprint density at radius 3 is 2.50 bits per heavy atom. The molecule has 0 bridgehead atoms. The maximum atomic E-state index is 12.2. The van der Waals surface area contributed by atoms with Crippen LogP contribution in [0.3, 0.4) is 0 Å². The highest BCUT2D eigenvalue weighted by Gasteiger charge is 2.16. The molecule has 0 amide bonds. The van der Waals surface area contributed by atoms with E-state index in [0.29, 0.717) is 23.7 Å². The molecule has 0 aliphatic carbocycles. The summed E-state index contributed by atoms with van der Waals surface area (Å²) in [5.74, 6) is 1.10. The predicted octanol–water partition coefficient (Wildman–Crippen LogP) is 4.36. The van der Waals surface area contributed by atoms with E-state index in [-0.39, 0.29) is 11.6 Å². The molecule has 0 aliphatic rings. The Kier molecular flexibility index (Phi) is 5.84. The molecular formula is C22H27N3O. The molecule has 26 heavy (non-hydrogen) atoms. The van der Waals surface area contributed by atoms with E-state index < -0.39 is 0 Å². The molecule has 3 aromatic rings. The molecule has 4 heteroatoms. The van der Waals surface area contributed by atoms with Crippen LogP contribution in [-0.4, -0.2) is 9.97 Å². The zero-order chi connectivity index (χ0) is 18.5. The molecule has 0 unspecified atom stereocenters. The molecule has 136 valence electrons. The number of nitrogens with zero attached hydrogens (tertiary/aromatic N) is 1. The van der Waals surface area contributed by atoms with Gasteiger partial charge in [-0.05, 0) is 35.6 Å². The third-order valence-electron chi connectivity index (χ3n) is 4.70. The molecule has 0 saturated carbocycles. The topological polar surface area (TPSA) is 57.8 Å². The number of rotatable bonds is 7. The highest BCUT2D eigenvalue weighted by molar-refractivity contribution is 5.77. The van der Waals surface area contributed by atoms with Crippen molar-refractivity contribution in [3.8, 4) is 0 Å². The van der Waals surface area contributed by atoms with Gasteiger partial charge >= 0.3 is 0 Å². The molecule has 3 rings (SSSR count). The number of benzene rings is 2. The van der Waals surface area contributed by atoms with Crippen molar-refractivity contribution in [2.75, 3.05) is 0 Å². The summed E-state index contributed by atoms with van der Waals surface area (Å²) in [6, 6.07) is 16.5. The van der Waals surface area contributed by atoms with Gasteiger partial charge in [-0.15, -0.1) is 0 Å². The van der Waals surface area contributed by atoms with Gasteiger partial charge in [0.1, 0.15) is 5.82 Å². The van der Waals surface area contributed by atoms with Crippen LogP contribution in [0.15, 0.2) is 53.3 Å². The molecule has 1 atom stereocenters. The summed E-state index contributed by atoms with van der Waals surface area (Å²) in [6.07, 6.45) is 2.27. The Balaban J connectivity index is 1.78. The Bertz CT molecular complexity index is 913. The van der Waals surface area contributed by atoms with Crippen LogP contribution < -0.4 is 10.9 Å². The zero-order valence-electron chi connectivity index (χ0n) is 15.8. The second-order valence-electron chi connectivity index (χ2n) is 7.12. The van der Waals surface area contributed by atoms with Crippen molar-refractivity contribution in [2.24, 2.45) is 5.92 Å². The minimum absolute atomic E-state index is 0.0857. The highest BCUT2D eigenvalue weighted by Crippen LogP contribution is 2.22. The van der Waals surface area contributed by atoms with Gasteiger partial charge in [-0.2, -0.15) is 0 Å². The Labute approximate surface area is 154 Å². The number of hydrogen-bond acceptors (Lipinski definition) is 3. The summed E-state index contributed by atoms with van der Waals surface area (Å²) in [5, 5.41) is 4.19. The third kappa shape index (κ3) is 4.20. The first-order chi connectivity index (χ1) is 12.6. The third-order valence-corrected chi connectivity index (χ3v) is 4.70. The van der Waals surface area contributed by atoms with Crippen LogP contribution in [0, 0.1) is 5.92 Å². The molecule has 0 spiro atoms. The average molecular weight is 349 g/mol. The fraction of sp³-hybridized carbons (Fsp3) is 0.364. The van der Waals surface area contributed by atoms with Crippen LogP contribution in [-0.2, 0) is 13.0 Å². The van der Waals surface area contributed by atoms with Crippen molar-refractivity contribution in [2.45, 2.75) is 46.2 Å². The number of fused-ring (bicyclic) bond motifs is 1. The van der Waals surface area contributed by atoms with E-state index in [2.05, 4.69) is 60.3 Å². The maximum absolute atomic E-state index is 12.2. The molecule has 4 nitrogen and oxygen atoms in total.